The Labute approximate surface area is 172 Å². The van der Waals surface area contributed by atoms with E-state index < -0.39 is 0 Å². The monoisotopic (exact) mass is 398 g/mol. The summed E-state index contributed by atoms with van der Waals surface area (Å²) in [6.07, 6.45) is 4.18. The minimum Gasteiger partial charge on any atom is -0.468 e. The van der Waals surface area contributed by atoms with Crippen molar-refractivity contribution in [3.8, 4) is 0 Å². The molecule has 2 heterocycles. The molecule has 1 unspecified atom stereocenters. The van der Waals surface area contributed by atoms with Gasteiger partial charge < -0.3 is 19.8 Å². The maximum Gasteiger partial charge on any atom is 0.338 e. The van der Waals surface area contributed by atoms with Crippen LogP contribution in [-0.4, -0.2) is 50.1 Å². The standard InChI is InChI=1S/C22H30N4O3/c1-3-28-21(27)18-10-8-17(9-11-18)15-24-22(23-2)25-16-19(20-7-6-14-29-20)26-12-4-5-13-26/h6-11,14,19H,3-5,12-13,15-16H2,1-2H3,(H2,23,24,25). The first-order valence-corrected chi connectivity index (χ1v) is 10.2. The SMILES string of the molecule is CCOC(=O)c1ccc(CNC(=NC)NCC(c2ccco2)N2CCCC2)cc1. The normalized spacial score (nSPS) is 15.9. The predicted molar refractivity (Wildman–Crippen MR) is 113 cm³/mol. The molecule has 2 N–H and O–H groups in total. The Balaban J connectivity index is 1.53. The van der Waals surface area contributed by atoms with Gasteiger partial charge in [0.2, 0.25) is 0 Å². The molecule has 1 fully saturated rings. The highest BCUT2D eigenvalue weighted by atomic mass is 16.5. The molecule has 2 aromatic rings. The average Bonchev–Trinajstić information content (AvgIpc) is 3.46. The van der Waals surface area contributed by atoms with Gasteiger partial charge in [-0.2, -0.15) is 0 Å². The lowest BCUT2D eigenvalue weighted by Crippen LogP contribution is -2.42. The summed E-state index contributed by atoms with van der Waals surface area (Å²) in [5, 5.41) is 6.74. The van der Waals surface area contributed by atoms with Crippen LogP contribution < -0.4 is 10.6 Å². The summed E-state index contributed by atoms with van der Waals surface area (Å²) in [6, 6.07) is 11.6. The predicted octanol–water partition coefficient (Wildman–Crippen LogP) is 2.96. The number of aliphatic imine (C=N–C) groups is 1. The molecule has 0 saturated carbocycles. The van der Waals surface area contributed by atoms with Gasteiger partial charge in [0.25, 0.3) is 0 Å². The van der Waals surface area contributed by atoms with Crippen LogP contribution in [0.4, 0.5) is 0 Å². The number of nitrogens with one attached hydrogen (secondary N) is 2. The van der Waals surface area contributed by atoms with Crippen molar-refractivity contribution >= 4 is 11.9 Å². The molecule has 0 amide bonds. The molecule has 1 aliphatic heterocycles. The van der Waals surface area contributed by atoms with Crippen molar-refractivity contribution in [2.45, 2.75) is 32.4 Å². The third-order valence-corrected chi connectivity index (χ3v) is 5.06. The Bertz CT molecular complexity index is 781. The van der Waals surface area contributed by atoms with Crippen molar-refractivity contribution in [3.63, 3.8) is 0 Å². The number of guanidine groups is 1. The molecule has 7 heteroatoms. The summed E-state index contributed by atoms with van der Waals surface area (Å²) < 4.78 is 10.7. The molecule has 29 heavy (non-hydrogen) atoms. The van der Waals surface area contributed by atoms with Crippen LogP contribution in [0, 0.1) is 0 Å². The average molecular weight is 399 g/mol. The molecule has 3 rings (SSSR count). The topological polar surface area (TPSA) is 79.1 Å². The number of carbonyl (C=O) groups is 1. The molecule has 7 nitrogen and oxygen atoms in total. The van der Waals surface area contributed by atoms with Gasteiger partial charge in [-0.15, -0.1) is 0 Å². The molecule has 1 aliphatic rings. The van der Waals surface area contributed by atoms with Crippen LogP contribution in [0.2, 0.25) is 0 Å². The smallest absolute Gasteiger partial charge is 0.338 e. The summed E-state index contributed by atoms with van der Waals surface area (Å²) in [7, 11) is 1.76. The van der Waals surface area contributed by atoms with Gasteiger partial charge in [0.15, 0.2) is 5.96 Å². The van der Waals surface area contributed by atoms with E-state index in [1.54, 1.807) is 32.4 Å². The number of furan rings is 1. The zero-order valence-corrected chi connectivity index (χ0v) is 17.2. The molecule has 0 radical (unpaired) electrons. The summed E-state index contributed by atoms with van der Waals surface area (Å²) >= 11 is 0. The van der Waals surface area contributed by atoms with Gasteiger partial charge in [-0.25, -0.2) is 4.79 Å². The van der Waals surface area contributed by atoms with Crippen molar-refractivity contribution < 1.29 is 13.9 Å². The second-order valence-corrected chi connectivity index (χ2v) is 7.00. The highest BCUT2D eigenvalue weighted by Gasteiger charge is 2.25. The van der Waals surface area contributed by atoms with Gasteiger partial charge in [0.1, 0.15) is 5.76 Å². The van der Waals surface area contributed by atoms with Gasteiger partial charge in [0, 0.05) is 20.1 Å². The first kappa shape index (κ1) is 20.9. The van der Waals surface area contributed by atoms with E-state index in [0.717, 1.165) is 36.9 Å². The number of rotatable bonds is 8. The van der Waals surface area contributed by atoms with Gasteiger partial charge in [0.05, 0.1) is 24.5 Å². The van der Waals surface area contributed by atoms with E-state index >= 15 is 0 Å². The molecule has 1 aromatic carbocycles. The summed E-state index contributed by atoms with van der Waals surface area (Å²) in [6.45, 7) is 5.68. The van der Waals surface area contributed by atoms with Crippen LogP contribution in [0.3, 0.4) is 0 Å². The van der Waals surface area contributed by atoms with Gasteiger partial charge in [-0.1, -0.05) is 12.1 Å². The second kappa shape index (κ2) is 10.7. The van der Waals surface area contributed by atoms with E-state index in [1.165, 1.54) is 12.8 Å². The van der Waals surface area contributed by atoms with E-state index in [1.807, 2.05) is 24.3 Å². The van der Waals surface area contributed by atoms with Crippen LogP contribution in [-0.2, 0) is 11.3 Å². The molecule has 0 aliphatic carbocycles. The fourth-order valence-corrected chi connectivity index (χ4v) is 3.52. The molecular formula is C22H30N4O3. The number of esters is 1. The zero-order valence-electron chi connectivity index (χ0n) is 17.2. The molecular weight excluding hydrogens is 368 g/mol. The Kier molecular flexibility index (Phi) is 7.69. The Morgan fingerprint density at radius 3 is 2.59 bits per heavy atom. The number of benzene rings is 1. The van der Waals surface area contributed by atoms with E-state index in [2.05, 4.69) is 20.5 Å². The molecule has 1 saturated heterocycles. The van der Waals surface area contributed by atoms with E-state index in [-0.39, 0.29) is 12.0 Å². The largest absolute Gasteiger partial charge is 0.468 e. The van der Waals surface area contributed by atoms with Crippen LogP contribution in [0.25, 0.3) is 0 Å². The van der Waals surface area contributed by atoms with Crippen molar-refractivity contribution in [1.82, 2.24) is 15.5 Å². The molecule has 1 aromatic heterocycles. The lowest BCUT2D eigenvalue weighted by Gasteiger charge is -2.26. The maximum absolute atomic E-state index is 11.7. The van der Waals surface area contributed by atoms with Crippen molar-refractivity contribution in [2.75, 3.05) is 33.3 Å². The molecule has 1 atom stereocenters. The lowest BCUT2D eigenvalue weighted by molar-refractivity contribution is 0.0526. The minimum atomic E-state index is -0.296. The zero-order chi connectivity index (χ0) is 20.5. The highest BCUT2D eigenvalue weighted by Crippen LogP contribution is 2.24. The number of hydrogen-bond donors (Lipinski definition) is 2. The first-order valence-electron chi connectivity index (χ1n) is 10.2. The van der Waals surface area contributed by atoms with Crippen molar-refractivity contribution in [3.05, 3.63) is 59.5 Å². The maximum atomic E-state index is 11.7. The summed E-state index contributed by atoms with van der Waals surface area (Å²) in [4.78, 5) is 18.5. The van der Waals surface area contributed by atoms with Crippen LogP contribution in [0.1, 0.15) is 47.5 Å². The van der Waals surface area contributed by atoms with Gasteiger partial charge >= 0.3 is 5.97 Å². The Morgan fingerprint density at radius 2 is 1.97 bits per heavy atom. The van der Waals surface area contributed by atoms with Gasteiger partial charge in [-0.3, -0.25) is 9.89 Å². The third kappa shape index (κ3) is 5.84. The number of ether oxygens (including phenoxy) is 1. The quantitative estimate of drug-likeness (QED) is 0.404. The first-order chi connectivity index (χ1) is 14.2. The summed E-state index contributed by atoms with van der Waals surface area (Å²) in [5.41, 5.74) is 1.62. The summed E-state index contributed by atoms with van der Waals surface area (Å²) in [5.74, 6) is 1.41. The number of carbonyl (C=O) groups excluding carboxylic acids is 1. The number of nitrogens with zero attached hydrogens (tertiary/aromatic N) is 2. The van der Waals surface area contributed by atoms with Crippen LogP contribution in [0.5, 0.6) is 0 Å². The Morgan fingerprint density at radius 1 is 1.21 bits per heavy atom. The van der Waals surface area contributed by atoms with Crippen molar-refractivity contribution in [2.24, 2.45) is 4.99 Å². The highest BCUT2D eigenvalue weighted by molar-refractivity contribution is 5.89. The van der Waals surface area contributed by atoms with E-state index in [4.69, 9.17) is 9.15 Å². The second-order valence-electron chi connectivity index (χ2n) is 7.00. The number of hydrogen-bond acceptors (Lipinski definition) is 5. The van der Waals surface area contributed by atoms with Crippen LogP contribution >= 0.6 is 0 Å². The van der Waals surface area contributed by atoms with Gasteiger partial charge in [-0.05, 0) is 62.7 Å². The minimum absolute atomic E-state index is 0.190. The fraction of sp³-hybridized carbons (Fsp3) is 0.455. The lowest BCUT2D eigenvalue weighted by atomic mass is 10.1. The number of likely N-dealkylation sites (tertiary alicyclic amines) is 1. The molecule has 0 bridgehead atoms. The van der Waals surface area contributed by atoms with Crippen LogP contribution in [0.15, 0.2) is 52.1 Å². The molecule has 156 valence electrons. The van der Waals surface area contributed by atoms with E-state index in [0.29, 0.717) is 18.7 Å². The fourth-order valence-electron chi connectivity index (χ4n) is 3.52. The van der Waals surface area contributed by atoms with E-state index in [9.17, 15) is 4.79 Å². The Hall–Kier alpha value is -2.80. The van der Waals surface area contributed by atoms with Crippen molar-refractivity contribution in [1.29, 1.82) is 0 Å². The molecule has 0 spiro atoms. The third-order valence-electron chi connectivity index (χ3n) is 5.06.